The second kappa shape index (κ2) is 8.06. The van der Waals surface area contributed by atoms with Crippen LogP contribution in [0.5, 0.6) is 0 Å². The van der Waals surface area contributed by atoms with Crippen LogP contribution >= 0.6 is 11.8 Å². The van der Waals surface area contributed by atoms with Crippen molar-refractivity contribution in [3.8, 4) is 0 Å². The van der Waals surface area contributed by atoms with E-state index in [2.05, 4.69) is 54.6 Å². The van der Waals surface area contributed by atoms with Gasteiger partial charge in [-0.2, -0.15) is 0 Å². The second-order valence-corrected chi connectivity index (χ2v) is 6.73. The van der Waals surface area contributed by atoms with Crippen LogP contribution in [0.1, 0.15) is 44.7 Å². The summed E-state index contributed by atoms with van der Waals surface area (Å²) in [7, 11) is 0. The summed E-state index contributed by atoms with van der Waals surface area (Å²) in [5, 5.41) is 3.68. The Bertz CT molecular complexity index is 384. The molecule has 0 aromatic heterocycles. The number of thioether (sulfide) groups is 1. The molecule has 2 atom stereocenters. The third-order valence-electron chi connectivity index (χ3n) is 4.35. The van der Waals surface area contributed by atoms with Crippen LogP contribution in [-0.4, -0.2) is 36.8 Å². The van der Waals surface area contributed by atoms with E-state index in [1.165, 1.54) is 42.8 Å². The number of benzene rings is 1. The topological polar surface area (TPSA) is 15.3 Å². The van der Waals surface area contributed by atoms with Crippen LogP contribution in [0.4, 0.5) is 0 Å². The van der Waals surface area contributed by atoms with Gasteiger partial charge in [-0.1, -0.05) is 18.6 Å². The predicted molar refractivity (Wildman–Crippen MR) is 89.5 cm³/mol. The summed E-state index contributed by atoms with van der Waals surface area (Å²) in [6, 6.07) is 9.99. The summed E-state index contributed by atoms with van der Waals surface area (Å²) in [4.78, 5) is 3.96. The van der Waals surface area contributed by atoms with Crippen LogP contribution in [0, 0.1) is 0 Å². The lowest BCUT2D eigenvalue weighted by atomic mass is 10.1. The molecule has 0 amide bonds. The first kappa shape index (κ1) is 15.9. The highest BCUT2D eigenvalue weighted by atomic mass is 32.2. The molecular weight excluding hydrogens is 264 g/mol. The SMILES string of the molecule is CSc1ccc(C(C)NCC(C)N2CCCCC2)cc1. The number of nitrogens with one attached hydrogen (secondary N) is 1. The van der Waals surface area contributed by atoms with E-state index in [1.807, 2.05) is 0 Å². The summed E-state index contributed by atoms with van der Waals surface area (Å²) in [5.41, 5.74) is 1.38. The average molecular weight is 292 g/mol. The van der Waals surface area contributed by atoms with Gasteiger partial charge >= 0.3 is 0 Å². The van der Waals surface area contributed by atoms with Gasteiger partial charge in [0, 0.05) is 23.5 Å². The van der Waals surface area contributed by atoms with Crippen molar-refractivity contribution in [3.63, 3.8) is 0 Å². The lowest BCUT2D eigenvalue weighted by Crippen LogP contribution is -2.43. The Balaban J connectivity index is 1.79. The average Bonchev–Trinajstić information content (AvgIpc) is 2.53. The molecule has 1 aromatic carbocycles. The Morgan fingerprint density at radius 2 is 1.75 bits per heavy atom. The van der Waals surface area contributed by atoms with Crippen LogP contribution in [0.15, 0.2) is 29.2 Å². The smallest absolute Gasteiger partial charge is 0.0292 e. The predicted octanol–water partition coefficient (Wildman–Crippen LogP) is 3.93. The van der Waals surface area contributed by atoms with E-state index in [0.717, 1.165) is 6.54 Å². The fraction of sp³-hybridized carbons (Fsp3) is 0.647. The first-order valence-corrected chi connectivity index (χ1v) is 9.04. The Kier molecular flexibility index (Phi) is 6.40. The minimum atomic E-state index is 0.429. The van der Waals surface area contributed by atoms with E-state index in [9.17, 15) is 0 Å². The Morgan fingerprint density at radius 3 is 2.35 bits per heavy atom. The van der Waals surface area contributed by atoms with Crippen molar-refractivity contribution in [3.05, 3.63) is 29.8 Å². The van der Waals surface area contributed by atoms with Crippen LogP contribution in [-0.2, 0) is 0 Å². The quantitative estimate of drug-likeness (QED) is 0.800. The molecule has 0 saturated carbocycles. The molecule has 2 rings (SSSR count). The van der Waals surface area contributed by atoms with E-state index >= 15 is 0 Å². The molecule has 0 bridgehead atoms. The van der Waals surface area contributed by atoms with Crippen LogP contribution in [0.2, 0.25) is 0 Å². The van der Waals surface area contributed by atoms with E-state index in [1.54, 1.807) is 11.8 Å². The largest absolute Gasteiger partial charge is 0.309 e. The zero-order chi connectivity index (χ0) is 14.4. The third kappa shape index (κ3) is 4.51. The zero-order valence-electron chi connectivity index (χ0n) is 13.1. The van der Waals surface area contributed by atoms with Gasteiger partial charge < -0.3 is 5.32 Å². The van der Waals surface area contributed by atoms with Crippen LogP contribution < -0.4 is 5.32 Å². The zero-order valence-corrected chi connectivity index (χ0v) is 13.9. The Labute approximate surface area is 128 Å². The maximum atomic E-state index is 3.68. The number of hydrogen-bond acceptors (Lipinski definition) is 3. The molecule has 0 aliphatic carbocycles. The molecule has 112 valence electrons. The molecule has 0 radical (unpaired) electrons. The molecule has 2 nitrogen and oxygen atoms in total. The van der Waals surface area contributed by atoms with E-state index in [4.69, 9.17) is 0 Å². The lowest BCUT2D eigenvalue weighted by molar-refractivity contribution is 0.168. The Morgan fingerprint density at radius 1 is 1.10 bits per heavy atom. The standard InChI is InChI=1S/C17H28N2S/c1-14(19-11-5-4-6-12-19)13-18-15(2)16-7-9-17(20-3)10-8-16/h7-10,14-15,18H,4-6,11-13H2,1-3H3. The van der Waals surface area contributed by atoms with E-state index in [0.29, 0.717) is 12.1 Å². The van der Waals surface area contributed by atoms with E-state index in [-0.39, 0.29) is 0 Å². The van der Waals surface area contributed by atoms with Gasteiger partial charge in [0.05, 0.1) is 0 Å². The van der Waals surface area contributed by atoms with Gasteiger partial charge in [0.2, 0.25) is 0 Å². The molecule has 3 heteroatoms. The first-order valence-electron chi connectivity index (χ1n) is 7.82. The van der Waals surface area contributed by atoms with Gasteiger partial charge in [0.1, 0.15) is 0 Å². The highest BCUT2D eigenvalue weighted by molar-refractivity contribution is 7.98. The maximum Gasteiger partial charge on any atom is 0.0292 e. The van der Waals surface area contributed by atoms with Gasteiger partial charge in [-0.15, -0.1) is 11.8 Å². The molecule has 1 fully saturated rings. The van der Waals surface area contributed by atoms with Gasteiger partial charge in [0.25, 0.3) is 0 Å². The van der Waals surface area contributed by atoms with Crippen molar-refractivity contribution in [2.24, 2.45) is 0 Å². The van der Waals surface area contributed by atoms with Gasteiger partial charge in [-0.05, 0) is 63.7 Å². The molecule has 1 heterocycles. The van der Waals surface area contributed by atoms with Gasteiger partial charge in [-0.3, -0.25) is 4.90 Å². The summed E-state index contributed by atoms with van der Waals surface area (Å²) in [6.45, 7) is 8.24. The highest BCUT2D eigenvalue weighted by Gasteiger charge is 2.17. The fourth-order valence-corrected chi connectivity index (χ4v) is 3.25. The molecule has 1 aliphatic rings. The molecule has 20 heavy (non-hydrogen) atoms. The lowest BCUT2D eigenvalue weighted by Gasteiger charge is -2.33. The molecule has 2 unspecified atom stereocenters. The second-order valence-electron chi connectivity index (χ2n) is 5.85. The van der Waals surface area contributed by atoms with Gasteiger partial charge in [0.15, 0.2) is 0 Å². The minimum Gasteiger partial charge on any atom is -0.309 e. The summed E-state index contributed by atoms with van der Waals surface area (Å²) < 4.78 is 0. The molecule has 1 aliphatic heterocycles. The van der Waals surface area contributed by atoms with Gasteiger partial charge in [-0.25, -0.2) is 0 Å². The number of rotatable bonds is 6. The van der Waals surface area contributed by atoms with Crippen molar-refractivity contribution in [1.82, 2.24) is 10.2 Å². The third-order valence-corrected chi connectivity index (χ3v) is 5.09. The van der Waals surface area contributed by atoms with Crippen molar-refractivity contribution >= 4 is 11.8 Å². The molecule has 1 aromatic rings. The van der Waals surface area contributed by atoms with Crippen molar-refractivity contribution in [2.75, 3.05) is 25.9 Å². The normalized spacial score (nSPS) is 19.8. The summed E-state index contributed by atoms with van der Waals surface area (Å²) >= 11 is 1.80. The molecule has 1 saturated heterocycles. The van der Waals surface area contributed by atoms with Crippen molar-refractivity contribution in [1.29, 1.82) is 0 Å². The fourth-order valence-electron chi connectivity index (χ4n) is 2.85. The first-order chi connectivity index (χ1) is 9.70. The number of piperidine rings is 1. The Hall–Kier alpha value is -0.510. The number of nitrogens with zero attached hydrogens (tertiary/aromatic N) is 1. The van der Waals surface area contributed by atoms with Crippen molar-refractivity contribution in [2.45, 2.75) is 50.1 Å². The minimum absolute atomic E-state index is 0.429. The molecule has 1 N–H and O–H groups in total. The number of likely N-dealkylation sites (tertiary alicyclic amines) is 1. The molecule has 0 spiro atoms. The van der Waals surface area contributed by atoms with E-state index < -0.39 is 0 Å². The highest BCUT2D eigenvalue weighted by Crippen LogP contribution is 2.19. The molecular formula is C17H28N2S. The number of hydrogen-bond donors (Lipinski definition) is 1. The maximum absolute atomic E-state index is 3.68. The van der Waals surface area contributed by atoms with Crippen LogP contribution in [0.3, 0.4) is 0 Å². The van der Waals surface area contributed by atoms with Crippen LogP contribution in [0.25, 0.3) is 0 Å². The summed E-state index contributed by atoms with van der Waals surface area (Å²) in [6.07, 6.45) is 6.28. The summed E-state index contributed by atoms with van der Waals surface area (Å²) in [5.74, 6) is 0. The van der Waals surface area contributed by atoms with Crippen molar-refractivity contribution < 1.29 is 0 Å². The monoisotopic (exact) mass is 292 g/mol.